The molecule has 0 aromatic heterocycles. The Bertz CT molecular complexity index is 783. The van der Waals surface area contributed by atoms with E-state index in [2.05, 4.69) is 19.1 Å². The predicted octanol–water partition coefficient (Wildman–Crippen LogP) is 2.52. The van der Waals surface area contributed by atoms with E-state index in [0.29, 0.717) is 0 Å². The molecule has 0 spiro atoms. The van der Waals surface area contributed by atoms with Crippen molar-refractivity contribution in [2.45, 2.75) is 38.6 Å². The van der Waals surface area contributed by atoms with Crippen LogP contribution in [0.25, 0.3) is 10.8 Å². The van der Waals surface area contributed by atoms with Crippen LogP contribution in [0.1, 0.15) is 32.6 Å². The molecule has 4 heteroatoms. The van der Waals surface area contributed by atoms with Crippen LogP contribution in [0.4, 0.5) is 0 Å². The number of quaternary nitrogens is 1. The third-order valence-electron chi connectivity index (χ3n) is 6.36. The van der Waals surface area contributed by atoms with Crippen LogP contribution in [0.2, 0.25) is 0 Å². The second-order valence-corrected chi connectivity index (χ2v) is 8.31. The Morgan fingerprint density at radius 3 is 2.67 bits per heavy atom. The van der Waals surface area contributed by atoms with E-state index in [0.717, 1.165) is 49.3 Å². The number of nitrogens with one attached hydrogen (secondary N) is 1. The van der Waals surface area contributed by atoms with Gasteiger partial charge in [-0.2, -0.15) is 0 Å². The third kappa shape index (κ3) is 4.44. The second kappa shape index (κ2) is 8.30. The predicted molar refractivity (Wildman–Crippen MR) is 108 cm³/mol. The fraction of sp³-hybridized carbons (Fsp3) is 0.522. The van der Waals surface area contributed by atoms with Crippen LogP contribution in [0.5, 0.6) is 5.75 Å². The zero-order valence-corrected chi connectivity index (χ0v) is 16.3. The standard InChI is InChI=1S/C23H30N2O2/c1-18-5-4-8-21(15-18)24-11-13-25(14-12-24)23(26)17-27-22-10-9-19-6-2-3-7-20(19)16-22/h2-3,6-7,9-10,16,18,21H,4-5,8,11-15,17H2,1H3/p+1/t18-,21+/m0/s1. The number of nitrogens with zero attached hydrogens (tertiary/aromatic N) is 1. The van der Waals surface area contributed by atoms with Crippen LogP contribution in [0.15, 0.2) is 42.5 Å². The van der Waals surface area contributed by atoms with Gasteiger partial charge in [-0.1, -0.05) is 43.7 Å². The van der Waals surface area contributed by atoms with E-state index >= 15 is 0 Å². The van der Waals surface area contributed by atoms with Crippen molar-refractivity contribution in [3.63, 3.8) is 0 Å². The van der Waals surface area contributed by atoms with Crippen molar-refractivity contribution in [1.82, 2.24) is 4.90 Å². The van der Waals surface area contributed by atoms with Crippen molar-refractivity contribution in [1.29, 1.82) is 0 Å². The normalized spacial score (nSPS) is 24.1. The number of benzene rings is 2. The maximum absolute atomic E-state index is 12.6. The van der Waals surface area contributed by atoms with Gasteiger partial charge in [-0.05, 0) is 41.7 Å². The molecule has 2 aromatic rings. The molecular weight excluding hydrogens is 336 g/mol. The lowest BCUT2D eigenvalue weighted by Gasteiger charge is -2.39. The summed E-state index contributed by atoms with van der Waals surface area (Å²) in [5.74, 6) is 1.74. The summed E-state index contributed by atoms with van der Waals surface area (Å²) in [6.45, 7) is 6.40. The monoisotopic (exact) mass is 367 g/mol. The topological polar surface area (TPSA) is 34.0 Å². The first-order chi connectivity index (χ1) is 13.2. The zero-order chi connectivity index (χ0) is 18.6. The number of piperazine rings is 1. The van der Waals surface area contributed by atoms with Crippen molar-refractivity contribution < 1.29 is 14.4 Å². The van der Waals surface area contributed by atoms with Gasteiger partial charge in [0.05, 0.1) is 32.2 Å². The van der Waals surface area contributed by atoms with Gasteiger partial charge in [0.2, 0.25) is 0 Å². The molecule has 0 radical (unpaired) electrons. The number of rotatable bonds is 4. The van der Waals surface area contributed by atoms with Crippen LogP contribution in [0, 0.1) is 5.92 Å². The van der Waals surface area contributed by atoms with Crippen molar-refractivity contribution in [3.8, 4) is 5.75 Å². The minimum atomic E-state index is 0.110. The van der Waals surface area contributed by atoms with E-state index in [4.69, 9.17) is 4.74 Å². The Kier molecular flexibility index (Phi) is 5.63. The molecule has 1 aliphatic heterocycles. The number of carbonyl (C=O) groups excluding carboxylic acids is 1. The molecule has 2 aliphatic rings. The van der Waals surface area contributed by atoms with Gasteiger partial charge in [-0.3, -0.25) is 4.79 Å². The van der Waals surface area contributed by atoms with Gasteiger partial charge in [0.25, 0.3) is 5.91 Å². The van der Waals surface area contributed by atoms with Crippen LogP contribution in [-0.4, -0.2) is 49.6 Å². The lowest BCUT2D eigenvalue weighted by atomic mass is 9.86. The fourth-order valence-electron chi connectivity index (χ4n) is 4.75. The molecule has 1 saturated heterocycles. The SMILES string of the molecule is C[C@H]1CCC[C@@H]([NH+]2CCN(C(=O)COc3ccc4ccccc4c3)CC2)C1. The number of amides is 1. The molecule has 4 rings (SSSR count). The molecule has 2 aromatic carbocycles. The van der Waals surface area contributed by atoms with Crippen LogP contribution < -0.4 is 9.64 Å². The first kappa shape index (κ1) is 18.3. The first-order valence-electron chi connectivity index (χ1n) is 10.4. The second-order valence-electron chi connectivity index (χ2n) is 8.31. The maximum Gasteiger partial charge on any atom is 0.260 e. The molecule has 2 atom stereocenters. The summed E-state index contributed by atoms with van der Waals surface area (Å²) >= 11 is 0. The van der Waals surface area contributed by atoms with E-state index < -0.39 is 0 Å². The fourth-order valence-corrected chi connectivity index (χ4v) is 4.75. The highest BCUT2D eigenvalue weighted by Gasteiger charge is 2.32. The molecule has 1 aliphatic carbocycles. The number of carbonyl (C=O) groups is 1. The quantitative estimate of drug-likeness (QED) is 0.901. The van der Waals surface area contributed by atoms with E-state index in [1.807, 2.05) is 35.2 Å². The van der Waals surface area contributed by atoms with Crippen molar-refractivity contribution in [2.75, 3.05) is 32.8 Å². The summed E-state index contributed by atoms with van der Waals surface area (Å²) in [6, 6.07) is 15.0. The highest BCUT2D eigenvalue weighted by Crippen LogP contribution is 2.22. The molecule has 1 N–H and O–H groups in total. The van der Waals surface area contributed by atoms with E-state index in [1.165, 1.54) is 31.1 Å². The number of hydrogen-bond donors (Lipinski definition) is 1. The molecule has 1 amide bonds. The largest absolute Gasteiger partial charge is 0.484 e. The van der Waals surface area contributed by atoms with Gasteiger partial charge >= 0.3 is 0 Å². The molecule has 0 bridgehead atoms. The average Bonchev–Trinajstić information content (AvgIpc) is 2.72. The van der Waals surface area contributed by atoms with Crippen LogP contribution in [-0.2, 0) is 4.79 Å². The Hall–Kier alpha value is -2.07. The Morgan fingerprint density at radius 2 is 1.89 bits per heavy atom. The lowest BCUT2D eigenvalue weighted by Crippen LogP contribution is -3.18. The molecule has 0 unspecified atom stereocenters. The average molecular weight is 368 g/mol. The summed E-state index contributed by atoms with van der Waals surface area (Å²) in [5, 5.41) is 2.33. The summed E-state index contributed by atoms with van der Waals surface area (Å²) in [7, 11) is 0. The molecule has 144 valence electrons. The molecule has 1 heterocycles. The zero-order valence-electron chi connectivity index (χ0n) is 16.3. The summed E-state index contributed by atoms with van der Waals surface area (Å²) in [6.07, 6.45) is 5.48. The Labute approximate surface area is 162 Å². The minimum absolute atomic E-state index is 0.110. The third-order valence-corrected chi connectivity index (χ3v) is 6.36. The summed E-state index contributed by atoms with van der Waals surface area (Å²) in [5.41, 5.74) is 0. The summed E-state index contributed by atoms with van der Waals surface area (Å²) < 4.78 is 5.79. The number of fused-ring (bicyclic) bond motifs is 1. The van der Waals surface area contributed by atoms with E-state index in [-0.39, 0.29) is 12.5 Å². The highest BCUT2D eigenvalue weighted by atomic mass is 16.5. The lowest BCUT2D eigenvalue weighted by molar-refractivity contribution is -0.930. The van der Waals surface area contributed by atoms with Gasteiger partial charge in [0, 0.05) is 6.42 Å². The highest BCUT2D eigenvalue weighted by molar-refractivity contribution is 5.84. The first-order valence-corrected chi connectivity index (χ1v) is 10.4. The maximum atomic E-state index is 12.6. The van der Waals surface area contributed by atoms with Crippen molar-refractivity contribution >= 4 is 16.7 Å². The van der Waals surface area contributed by atoms with Crippen LogP contribution in [0.3, 0.4) is 0 Å². The molecule has 2 fully saturated rings. The van der Waals surface area contributed by atoms with Gasteiger partial charge in [0.15, 0.2) is 6.61 Å². The molecule has 4 nitrogen and oxygen atoms in total. The number of hydrogen-bond acceptors (Lipinski definition) is 2. The van der Waals surface area contributed by atoms with Gasteiger partial charge in [0.1, 0.15) is 5.75 Å². The van der Waals surface area contributed by atoms with Crippen LogP contribution >= 0.6 is 0 Å². The number of ether oxygens (including phenoxy) is 1. The molecule has 1 saturated carbocycles. The molecular formula is C23H31N2O2+. The van der Waals surface area contributed by atoms with E-state index in [9.17, 15) is 4.79 Å². The smallest absolute Gasteiger partial charge is 0.260 e. The minimum Gasteiger partial charge on any atom is -0.484 e. The van der Waals surface area contributed by atoms with Gasteiger partial charge in [-0.15, -0.1) is 0 Å². The Morgan fingerprint density at radius 1 is 1.11 bits per heavy atom. The van der Waals surface area contributed by atoms with Gasteiger partial charge in [-0.25, -0.2) is 0 Å². The van der Waals surface area contributed by atoms with E-state index in [1.54, 1.807) is 4.90 Å². The summed E-state index contributed by atoms with van der Waals surface area (Å²) in [4.78, 5) is 16.3. The van der Waals surface area contributed by atoms with Crippen molar-refractivity contribution in [3.05, 3.63) is 42.5 Å². The van der Waals surface area contributed by atoms with Crippen molar-refractivity contribution in [2.24, 2.45) is 5.92 Å². The Balaban J connectivity index is 1.26. The van der Waals surface area contributed by atoms with Gasteiger partial charge < -0.3 is 14.5 Å². The molecule has 27 heavy (non-hydrogen) atoms.